The van der Waals surface area contributed by atoms with Gasteiger partial charge in [0.2, 0.25) is 0 Å². The van der Waals surface area contributed by atoms with Crippen molar-refractivity contribution >= 4 is 5.91 Å². The van der Waals surface area contributed by atoms with Crippen molar-refractivity contribution in [3.63, 3.8) is 0 Å². The zero-order valence-corrected chi connectivity index (χ0v) is 11.1. The lowest BCUT2D eigenvalue weighted by atomic mass is 9.94. The van der Waals surface area contributed by atoms with Gasteiger partial charge < -0.3 is 10.0 Å². The van der Waals surface area contributed by atoms with Gasteiger partial charge in [-0.1, -0.05) is 0 Å². The third kappa shape index (κ3) is 2.22. The van der Waals surface area contributed by atoms with Gasteiger partial charge in [0.05, 0.1) is 24.8 Å². The Balaban J connectivity index is 2.11. The SMILES string of the molecule is Cc1c(C(=O)N2CC(O)(C(F)F)C2)cnn1C(C)C. The van der Waals surface area contributed by atoms with Crippen molar-refractivity contribution < 1.29 is 18.7 Å². The van der Waals surface area contributed by atoms with Gasteiger partial charge in [0, 0.05) is 11.7 Å². The molecule has 0 aromatic carbocycles. The Labute approximate surface area is 109 Å². The van der Waals surface area contributed by atoms with Gasteiger partial charge in [0.25, 0.3) is 12.3 Å². The number of rotatable bonds is 3. The summed E-state index contributed by atoms with van der Waals surface area (Å²) in [7, 11) is 0. The number of alkyl halides is 2. The Hall–Kier alpha value is -1.50. The molecule has 0 bridgehead atoms. The molecule has 1 saturated heterocycles. The van der Waals surface area contributed by atoms with Gasteiger partial charge in [-0.05, 0) is 20.8 Å². The number of hydrogen-bond donors (Lipinski definition) is 1. The van der Waals surface area contributed by atoms with E-state index in [-0.39, 0.29) is 25.0 Å². The Kier molecular flexibility index (Phi) is 3.34. The monoisotopic (exact) mass is 273 g/mol. The van der Waals surface area contributed by atoms with Crippen LogP contribution in [0.5, 0.6) is 0 Å². The fourth-order valence-corrected chi connectivity index (χ4v) is 2.22. The maximum Gasteiger partial charge on any atom is 0.270 e. The molecule has 19 heavy (non-hydrogen) atoms. The standard InChI is InChI=1S/C12H17F2N3O2/c1-7(2)17-8(3)9(4-15-17)10(18)16-5-12(19,6-16)11(13)14/h4,7,11,19H,5-6H2,1-3H3. The van der Waals surface area contributed by atoms with Crippen LogP contribution in [0.15, 0.2) is 6.20 Å². The first kappa shape index (κ1) is 13.9. The zero-order valence-electron chi connectivity index (χ0n) is 11.1. The summed E-state index contributed by atoms with van der Waals surface area (Å²) in [5.41, 5.74) is -0.963. The highest BCUT2D eigenvalue weighted by Crippen LogP contribution is 2.29. The predicted molar refractivity (Wildman–Crippen MR) is 64.2 cm³/mol. The number of aliphatic hydroxyl groups is 1. The second-order valence-corrected chi connectivity index (χ2v) is 5.25. The number of nitrogens with zero attached hydrogens (tertiary/aromatic N) is 3. The molecule has 106 valence electrons. The highest BCUT2D eigenvalue weighted by atomic mass is 19.3. The summed E-state index contributed by atoms with van der Waals surface area (Å²) in [6.45, 7) is 4.96. The van der Waals surface area contributed by atoms with Crippen LogP contribution in [0.25, 0.3) is 0 Å². The fraction of sp³-hybridized carbons (Fsp3) is 0.667. The Morgan fingerprint density at radius 1 is 1.47 bits per heavy atom. The smallest absolute Gasteiger partial charge is 0.270 e. The number of halogens is 2. The van der Waals surface area contributed by atoms with Gasteiger partial charge in [-0.25, -0.2) is 8.78 Å². The first-order chi connectivity index (χ1) is 8.76. The molecular weight excluding hydrogens is 256 g/mol. The molecule has 1 aromatic rings. The van der Waals surface area contributed by atoms with Crippen LogP contribution in [0, 0.1) is 6.92 Å². The van der Waals surface area contributed by atoms with Crippen LogP contribution >= 0.6 is 0 Å². The quantitative estimate of drug-likeness (QED) is 0.901. The van der Waals surface area contributed by atoms with E-state index in [0.717, 1.165) is 0 Å². The number of carbonyl (C=O) groups is 1. The third-order valence-electron chi connectivity index (χ3n) is 3.39. The molecule has 2 heterocycles. The van der Waals surface area contributed by atoms with E-state index in [4.69, 9.17) is 0 Å². The molecule has 7 heteroatoms. The van der Waals surface area contributed by atoms with Crippen LogP contribution < -0.4 is 0 Å². The topological polar surface area (TPSA) is 58.4 Å². The minimum Gasteiger partial charge on any atom is -0.380 e. The van der Waals surface area contributed by atoms with Crippen LogP contribution in [0.1, 0.15) is 35.9 Å². The van der Waals surface area contributed by atoms with E-state index in [0.29, 0.717) is 11.3 Å². The summed E-state index contributed by atoms with van der Waals surface area (Å²) in [5, 5.41) is 13.6. The molecule has 1 amide bonds. The van der Waals surface area contributed by atoms with Crippen molar-refractivity contribution in [3.8, 4) is 0 Å². The van der Waals surface area contributed by atoms with Gasteiger partial charge in [-0.15, -0.1) is 0 Å². The highest BCUT2D eigenvalue weighted by Gasteiger charge is 2.51. The van der Waals surface area contributed by atoms with Crippen LogP contribution in [0.4, 0.5) is 8.78 Å². The molecule has 0 unspecified atom stereocenters. The van der Waals surface area contributed by atoms with E-state index >= 15 is 0 Å². The fourth-order valence-electron chi connectivity index (χ4n) is 2.22. The van der Waals surface area contributed by atoms with E-state index in [1.807, 2.05) is 13.8 Å². The highest BCUT2D eigenvalue weighted by molar-refractivity contribution is 5.95. The first-order valence-corrected chi connectivity index (χ1v) is 6.10. The predicted octanol–water partition coefficient (Wildman–Crippen LogP) is 1.22. The second-order valence-electron chi connectivity index (χ2n) is 5.25. The summed E-state index contributed by atoms with van der Waals surface area (Å²) in [6, 6.07) is 0.121. The first-order valence-electron chi connectivity index (χ1n) is 6.10. The molecule has 5 nitrogen and oxygen atoms in total. The van der Waals surface area contributed by atoms with E-state index < -0.39 is 12.0 Å². The second kappa shape index (κ2) is 4.56. The third-order valence-corrected chi connectivity index (χ3v) is 3.39. The van der Waals surface area contributed by atoms with E-state index in [9.17, 15) is 18.7 Å². The summed E-state index contributed by atoms with van der Waals surface area (Å²) in [6.07, 6.45) is -1.40. The molecule has 1 aromatic heterocycles. The van der Waals surface area contributed by atoms with Crippen molar-refractivity contribution in [3.05, 3.63) is 17.5 Å². The van der Waals surface area contributed by atoms with Crippen LogP contribution in [-0.4, -0.2) is 50.8 Å². The van der Waals surface area contributed by atoms with Crippen molar-refractivity contribution in [1.29, 1.82) is 0 Å². The normalized spacial score (nSPS) is 18.0. The van der Waals surface area contributed by atoms with Crippen molar-refractivity contribution in [2.24, 2.45) is 0 Å². The number of likely N-dealkylation sites (tertiary alicyclic amines) is 1. The molecule has 1 aliphatic rings. The van der Waals surface area contributed by atoms with Crippen LogP contribution in [0.3, 0.4) is 0 Å². The number of aromatic nitrogens is 2. The summed E-state index contributed by atoms with van der Waals surface area (Å²) >= 11 is 0. The average molecular weight is 273 g/mol. The van der Waals surface area contributed by atoms with Gasteiger partial charge in [0.15, 0.2) is 5.60 Å². The number of hydrogen-bond acceptors (Lipinski definition) is 3. The molecule has 1 N–H and O–H groups in total. The number of β-amino-alcohol motifs (C(OH)–C–C–N with tert-alkyl or cyclic N) is 1. The van der Waals surface area contributed by atoms with Crippen LogP contribution in [0.2, 0.25) is 0 Å². The van der Waals surface area contributed by atoms with Crippen molar-refractivity contribution in [2.45, 2.75) is 38.8 Å². The molecule has 0 saturated carbocycles. The molecule has 0 spiro atoms. The molecule has 1 aliphatic heterocycles. The minimum absolute atomic E-state index is 0.121. The van der Waals surface area contributed by atoms with Crippen molar-refractivity contribution in [1.82, 2.24) is 14.7 Å². The molecule has 0 aliphatic carbocycles. The summed E-state index contributed by atoms with van der Waals surface area (Å²) < 4.78 is 26.7. The largest absolute Gasteiger partial charge is 0.380 e. The number of amides is 1. The lowest BCUT2D eigenvalue weighted by Crippen LogP contribution is -2.67. The Morgan fingerprint density at radius 3 is 2.47 bits per heavy atom. The minimum atomic E-state index is -2.84. The van der Waals surface area contributed by atoms with Gasteiger partial charge in [-0.2, -0.15) is 5.10 Å². The molecule has 0 atom stereocenters. The van der Waals surface area contributed by atoms with Gasteiger partial charge >= 0.3 is 0 Å². The maximum atomic E-state index is 12.5. The summed E-state index contributed by atoms with van der Waals surface area (Å²) in [4.78, 5) is 13.3. The maximum absolute atomic E-state index is 12.5. The lowest BCUT2D eigenvalue weighted by molar-refractivity contribution is -0.166. The average Bonchev–Trinajstić information content (AvgIpc) is 2.65. The van der Waals surface area contributed by atoms with Crippen molar-refractivity contribution in [2.75, 3.05) is 13.1 Å². The van der Waals surface area contributed by atoms with E-state index in [1.165, 1.54) is 11.1 Å². The number of carbonyl (C=O) groups excluding carboxylic acids is 1. The zero-order chi connectivity index (χ0) is 14.4. The van der Waals surface area contributed by atoms with Crippen LogP contribution in [-0.2, 0) is 0 Å². The lowest BCUT2D eigenvalue weighted by Gasteiger charge is -2.45. The molecule has 0 radical (unpaired) electrons. The van der Waals surface area contributed by atoms with Gasteiger partial charge in [-0.3, -0.25) is 9.48 Å². The van der Waals surface area contributed by atoms with Gasteiger partial charge in [0.1, 0.15) is 0 Å². The Bertz CT molecular complexity index is 493. The summed E-state index contributed by atoms with van der Waals surface area (Å²) in [5.74, 6) is -0.366. The van der Waals surface area contributed by atoms with E-state index in [2.05, 4.69) is 5.10 Å². The van der Waals surface area contributed by atoms with E-state index in [1.54, 1.807) is 11.6 Å². The molecule has 2 rings (SSSR count). The molecular formula is C12H17F2N3O2. The Morgan fingerprint density at radius 2 is 2.05 bits per heavy atom. The molecule has 1 fully saturated rings.